The zero-order valence-corrected chi connectivity index (χ0v) is 20.2. The topological polar surface area (TPSA) is 80.2 Å². The van der Waals surface area contributed by atoms with Gasteiger partial charge in [0.25, 0.3) is 0 Å². The summed E-state index contributed by atoms with van der Waals surface area (Å²) in [6.07, 6.45) is 2.62. The molecular formula is C25H30N6O2S. The minimum absolute atomic E-state index is 0.660. The molecule has 0 bridgehead atoms. The van der Waals surface area contributed by atoms with Crippen molar-refractivity contribution >= 4 is 40.0 Å². The average Bonchev–Trinajstić information content (AvgIpc) is 3.19. The van der Waals surface area contributed by atoms with Gasteiger partial charge in [-0.25, -0.2) is 9.97 Å². The maximum absolute atomic E-state index is 5.92. The Labute approximate surface area is 203 Å². The van der Waals surface area contributed by atoms with E-state index in [4.69, 9.17) is 21.7 Å². The molecule has 1 aliphatic heterocycles. The van der Waals surface area contributed by atoms with E-state index in [1.165, 1.54) is 0 Å². The van der Waals surface area contributed by atoms with E-state index in [1.807, 2.05) is 12.1 Å². The fourth-order valence-corrected chi connectivity index (χ4v) is 4.69. The van der Waals surface area contributed by atoms with E-state index in [0.717, 1.165) is 96.3 Å². The van der Waals surface area contributed by atoms with E-state index in [2.05, 4.69) is 60.9 Å². The minimum atomic E-state index is 0.660. The van der Waals surface area contributed by atoms with Gasteiger partial charge in [-0.05, 0) is 55.4 Å². The Kier molecular flexibility index (Phi) is 7.03. The van der Waals surface area contributed by atoms with Crippen LogP contribution in [-0.4, -0.2) is 63.9 Å². The molecule has 2 aromatic heterocycles. The SMILES string of the molecule is CCn1c(=S)[nH]c2cc3c(NCc4ccc(OCCCN5CCOCC5)cc4)ncnc3cc21. The largest absolute Gasteiger partial charge is 0.494 e. The van der Waals surface area contributed by atoms with Crippen molar-refractivity contribution in [2.75, 3.05) is 44.8 Å². The summed E-state index contributed by atoms with van der Waals surface area (Å²) in [4.78, 5) is 14.7. The lowest BCUT2D eigenvalue weighted by molar-refractivity contribution is 0.0358. The fourth-order valence-electron chi connectivity index (χ4n) is 4.35. The van der Waals surface area contributed by atoms with Crippen molar-refractivity contribution in [3.8, 4) is 5.75 Å². The van der Waals surface area contributed by atoms with Gasteiger partial charge < -0.3 is 24.3 Å². The van der Waals surface area contributed by atoms with Crippen molar-refractivity contribution in [3.63, 3.8) is 0 Å². The van der Waals surface area contributed by atoms with Crippen molar-refractivity contribution in [1.29, 1.82) is 0 Å². The van der Waals surface area contributed by atoms with Gasteiger partial charge in [0.15, 0.2) is 4.77 Å². The van der Waals surface area contributed by atoms with Crippen LogP contribution in [0.5, 0.6) is 5.75 Å². The molecular weight excluding hydrogens is 448 g/mol. The first-order chi connectivity index (χ1) is 16.7. The van der Waals surface area contributed by atoms with Gasteiger partial charge in [-0.3, -0.25) is 4.90 Å². The lowest BCUT2D eigenvalue weighted by atomic mass is 10.2. The molecule has 9 heteroatoms. The normalized spacial score (nSPS) is 14.6. The summed E-state index contributed by atoms with van der Waals surface area (Å²) in [6.45, 7) is 9.05. The minimum Gasteiger partial charge on any atom is -0.494 e. The predicted molar refractivity (Wildman–Crippen MR) is 137 cm³/mol. The second kappa shape index (κ2) is 10.5. The van der Waals surface area contributed by atoms with E-state index in [-0.39, 0.29) is 0 Å². The first-order valence-corrected chi connectivity index (χ1v) is 12.2. The van der Waals surface area contributed by atoms with Crippen LogP contribution >= 0.6 is 12.2 Å². The number of hydrogen-bond acceptors (Lipinski definition) is 7. The molecule has 0 radical (unpaired) electrons. The maximum atomic E-state index is 5.92. The molecule has 1 saturated heterocycles. The summed E-state index contributed by atoms with van der Waals surface area (Å²) in [5, 5.41) is 4.43. The van der Waals surface area contributed by atoms with Crippen LogP contribution in [0.2, 0.25) is 0 Å². The van der Waals surface area contributed by atoms with Crippen molar-refractivity contribution in [1.82, 2.24) is 24.4 Å². The summed E-state index contributed by atoms with van der Waals surface area (Å²) in [5.41, 5.74) is 4.10. The molecule has 5 rings (SSSR count). The molecule has 34 heavy (non-hydrogen) atoms. The fraction of sp³-hybridized carbons (Fsp3) is 0.400. The van der Waals surface area contributed by atoms with Crippen LogP contribution in [0.4, 0.5) is 5.82 Å². The number of rotatable bonds is 9. The van der Waals surface area contributed by atoms with E-state index in [1.54, 1.807) is 6.33 Å². The number of nitrogens with zero attached hydrogens (tertiary/aromatic N) is 4. The molecule has 1 aliphatic rings. The van der Waals surface area contributed by atoms with Crippen molar-refractivity contribution in [2.24, 2.45) is 0 Å². The summed E-state index contributed by atoms with van der Waals surface area (Å²) >= 11 is 5.45. The first kappa shape index (κ1) is 22.8. The van der Waals surface area contributed by atoms with Gasteiger partial charge in [0, 0.05) is 38.1 Å². The van der Waals surface area contributed by atoms with Crippen LogP contribution in [0.1, 0.15) is 18.9 Å². The van der Waals surface area contributed by atoms with Gasteiger partial charge in [0.1, 0.15) is 17.9 Å². The van der Waals surface area contributed by atoms with Crippen LogP contribution in [0.15, 0.2) is 42.7 Å². The highest BCUT2D eigenvalue weighted by Crippen LogP contribution is 2.26. The number of fused-ring (bicyclic) bond motifs is 2. The predicted octanol–water partition coefficient (Wildman–Crippen LogP) is 4.38. The molecule has 0 unspecified atom stereocenters. The number of morpholine rings is 1. The number of H-pyrrole nitrogens is 1. The summed E-state index contributed by atoms with van der Waals surface area (Å²) in [7, 11) is 0. The van der Waals surface area contributed by atoms with Gasteiger partial charge in [-0.1, -0.05) is 12.1 Å². The summed E-state index contributed by atoms with van der Waals surface area (Å²) in [5.74, 6) is 1.70. The van der Waals surface area contributed by atoms with E-state index >= 15 is 0 Å². The van der Waals surface area contributed by atoms with E-state index < -0.39 is 0 Å². The highest BCUT2D eigenvalue weighted by molar-refractivity contribution is 7.71. The zero-order chi connectivity index (χ0) is 23.3. The maximum Gasteiger partial charge on any atom is 0.178 e. The average molecular weight is 479 g/mol. The second-order valence-corrected chi connectivity index (χ2v) is 8.82. The smallest absolute Gasteiger partial charge is 0.178 e. The molecule has 0 atom stereocenters. The Morgan fingerprint density at radius 3 is 2.76 bits per heavy atom. The van der Waals surface area contributed by atoms with Gasteiger partial charge in [-0.2, -0.15) is 0 Å². The molecule has 0 aliphatic carbocycles. The third kappa shape index (κ3) is 5.06. The Bertz CT molecular complexity index is 1310. The number of anilines is 1. The summed E-state index contributed by atoms with van der Waals surface area (Å²) in [6, 6.07) is 12.4. The van der Waals surface area contributed by atoms with Crippen LogP contribution in [0, 0.1) is 4.77 Å². The molecule has 4 aromatic rings. The van der Waals surface area contributed by atoms with E-state index in [0.29, 0.717) is 6.54 Å². The number of benzene rings is 2. The molecule has 178 valence electrons. The van der Waals surface area contributed by atoms with Crippen LogP contribution in [0.3, 0.4) is 0 Å². The lowest BCUT2D eigenvalue weighted by Crippen LogP contribution is -2.37. The second-order valence-electron chi connectivity index (χ2n) is 8.44. The molecule has 0 spiro atoms. The highest BCUT2D eigenvalue weighted by atomic mass is 32.1. The third-order valence-corrected chi connectivity index (χ3v) is 6.54. The van der Waals surface area contributed by atoms with Crippen LogP contribution in [-0.2, 0) is 17.8 Å². The Morgan fingerprint density at radius 1 is 1.15 bits per heavy atom. The van der Waals surface area contributed by atoms with Crippen molar-refractivity contribution in [3.05, 3.63) is 53.1 Å². The van der Waals surface area contributed by atoms with Crippen molar-refractivity contribution in [2.45, 2.75) is 26.4 Å². The molecule has 1 fully saturated rings. The van der Waals surface area contributed by atoms with Crippen LogP contribution in [0.25, 0.3) is 21.9 Å². The van der Waals surface area contributed by atoms with Gasteiger partial charge in [0.05, 0.1) is 36.4 Å². The molecule has 2 aromatic carbocycles. The molecule has 3 heterocycles. The standard InChI is InChI=1S/C25H30N6O2S/c1-2-31-23-15-21-20(14-22(23)29-25(31)34)24(28-17-27-21)26-16-18-4-6-19(7-5-18)33-11-3-8-30-9-12-32-13-10-30/h4-7,14-15,17H,2-3,8-13,16H2,1H3,(H,29,34)(H,26,27,28). The number of ether oxygens (including phenoxy) is 2. The van der Waals surface area contributed by atoms with Crippen molar-refractivity contribution < 1.29 is 9.47 Å². The monoisotopic (exact) mass is 478 g/mol. The molecule has 8 nitrogen and oxygen atoms in total. The van der Waals surface area contributed by atoms with Crippen LogP contribution < -0.4 is 10.1 Å². The molecule has 2 N–H and O–H groups in total. The third-order valence-electron chi connectivity index (χ3n) is 6.22. The number of aromatic amines is 1. The number of imidazole rings is 1. The van der Waals surface area contributed by atoms with E-state index in [9.17, 15) is 0 Å². The quantitative estimate of drug-likeness (QED) is 0.273. The Balaban J connectivity index is 1.19. The molecule has 0 saturated carbocycles. The van der Waals surface area contributed by atoms with Gasteiger partial charge in [-0.15, -0.1) is 0 Å². The Hall–Kier alpha value is -3.01. The van der Waals surface area contributed by atoms with Gasteiger partial charge >= 0.3 is 0 Å². The highest BCUT2D eigenvalue weighted by Gasteiger charge is 2.11. The number of aromatic nitrogens is 4. The summed E-state index contributed by atoms with van der Waals surface area (Å²) < 4.78 is 14.1. The van der Waals surface area contributed by atoms with Gasteiger partial charge in [0.2, 0.25) is 0 Å². The number of nitrogens with one attached hydrogen (secondary N) is 2. The molecule has 0 amide bonds. The number of aryl methyl sites for hydroxylation is 1. The number of hydrogen-bond donors (Lipinski definition) is 2. The lowest BCUT2D eigenvalue weighted by Gasteiger charge is -2.26. The first-order valence-electron chi connectivity index (χ1n) is 11.8. The Morgan fingerprint density at radius 2 is 1.97 bits per heavy atom. The zero-order valence-electron chi connectivity index (χ0n) is 19.4.